The first-order valence-electron chi connectivity index (χ1n) is 9.16. The molecule has 0 aliphatic heterocycles. The molecule has 0 unspecified atom stereocenters. The molecule has 3 rings (SSSR count). The van der Waals surface area contributed by atoms with Gasteiger partial charge in [-0.05, 0) is 66.9 Å². The summed E-state index contributed by atoms with van der Waals surface area (Å²) in [4.78, 5) is 12.1. The van der Waals surface area contributed by atoms with E-state index in [-0.39, 0.29) is 12.1 Å². The van der Waals surface area contributed by atoms with Crippen molar-refractivity contribution < 1.29 is 14.3 Å². The van der Waals surface area contributed by atoms with Crippen molar-refractivity contribution in [2.45, 2.75) is 58.2 Å². The highest BCUT2D eigenvalue weighted by molar-refractivity contribution is 9.10. The van der Waals surface area contributed by atoms with Crippen LogP contribution in [0.1, 0.15) is 65.7 Å². The topological polar surface area (TPSA) is 64.2 Å². The number of halogens is 1. The maximum Gasteiger partial charge on any atom is 0.359 e. The van der Waals surface area contributed by atoms with Gasteiger partial charge in [-0.1, -0.05) is 29.8 Å². The van der Waals surface area contributed by atoms with Gasteiger partial charge in [0.05, 0.1) is 19.3 Å². The van der Waals surface area contributed by atoms with E-state index >= 15 is 0 Å². The molecule has 1 heterocycles. The lowest BCUT2D eigenvalue weighted by Crippen LogP contribution is -2.22. The molecule has 0 atom stereocenters. The number of nitrogens with zero attached hydrogens (tertiary/aromatic N) is 1. The number of ether oxygens (including phenoxy) is 2. The van der Waals surface area contributed by atoms with Crippen LogP contribution in [-0.4, -0.2) is 28.9 Å². The standard InChI is InChI=1S/C20H25BrN2O3/c1-3-25-20(24)18-17(19(21)23-22-18)15-8-10-16(11-9-15)26-12-14-6-4-13(2)5-7-14/h4-7,15-16H,3,8-12H2,1-2H3,(H,22,23). The summed E-state index contributed by atoms with van der Waals surface area (Å²) in [6, 6.07) is 8.47. The Morgan fingerprint density at radius 3 is 2.58 bits per heavy atom. The first-order chi connectivity index (χ1) is 12.6. The van der Waals surface area contributed by atoms with Crippen LogP contribution in [0.2, 0.25) is 0 Å². The summed E-state index contributed by atoms with van der Waals surface area (Å²) < 4.78 is 12.0. The van der Waals surface area contributed by atoms with E-state index in [4.69, 9.17) is 9.47 Å². The Hall–Kier alpha value is -1.66. The van der Waals surface area contributed by atoms with Crippen molar-refractivity contribution in [3.63, 3.8) is 0 Å². The zero-order chi connectivity index (χ0) is 18.5. The Bertz CT molecular complexity index is 734. The molecule has 140 valence electrons. The predicted molar refractivity (Wildman–Crippen MR) is 103 cm³/mol. The molecule has 6 heteroatoms. The van der Waals surface area contributed by atoms with E-state index in [9.17, 15) is 4.79 Å². The van der Waals surface area contributed by atoms with E-state index in [0.717, 1.165) is 35.8 Å². The molecule has 1 aliphatic rings. The lowest BCUT2D eigenvalue weighted by atomic mass is 9.83. The Morgan fingerprint density at radius 1 is 1.23 bits per heavy atom. The molecular weight excluding hydrogens is 396 g/mol. The van der Waals surface area contributed by atoms with Crippen molar-refractivity contribution in [1.82, 2.24) is 10.2 Å². The number of carbonyl (C=O) groups excluding carboxylic acids is 1. The lowest BCUT2D eigenvalue weighted by Gasteiger charge is -2.28. The number of aromatic nitrogens is 2. The van der Waals surface area contributed by atoms with Crippen molar-refractivity contribution in [2.24, 2.45) is 0 Å². The molecule has 1 aromatic heterocycles. The quantitative estimate of drug-likeness (QED) is 0.674. The molecule has 0 saturated heterocycles. The Balaban J connectivity index is 1.56. The minimum Gasteiger partial charge on any atom is -0.461 e. The third-order valence-electron chi connectivity index (χ3n) is 4.91. The van der Waals surface area contributed by atoms with Crippen LogP contribution in [0.4, 0.5) is 0 Å². The van der Waals surface area contributed by atoms with E-state index in [1.807, 2.05) is 0 Å². The molecule has 0 amide bonds. The third-order valence-corrected chi connectivity index (χ3v) is 5.52. The number of hydrogen-bond acceptors (Lipinski definition) is 4. The molecule has 5 nitrogen and oxygen atoms in total. The van der Waals surface area contributed by atoms with Gasteiger partial charge in [-0.2, -0.15) is 5.10 Å². The maximum absolute atomic E-state index is 12.1. The molecule has 0 bridgehead atoms. The summed E-state index contributed by atoms with van der Waals surface area (Å²) in [6.07, 6.45) is 4.18. The van der Waals surface area contributed by atoms with E-state index in [1.54, 1.807) is 6.92 Å². The summed E-state index contributed by atoms with van der Waals surface area (Å²) >= 11 is 3.50. The average Bonchev–Trinajstić information content (AvgIpc) is 3.03. The molecule has 1 aliphatic carbocycles. The number of benzene rings is 1. The Morgan fingerprint density at radius 2 is 1.92 bits per heavy atom. The number of H-pyrrole nitrogens is 1. The lowest BCUT2D eigenvalue weighted by molar-refractivity contribution is 0.0132. The van der Waals surface area contributed by atoms with Crippen LogP contribution < -0.4 is 0 Å². The first kappa shape index (κ1) is 19.1. The number of rotatable bonds is 6. The van der Waals surface area contributed by atoms with Crippen molar-refractivity contribution >= 4 is 21.9 Å². The minimum atomic E-state index is -0.359. The molecule has 1 saturated carbocycles. The second kappa shape index (κ2) is 8.82. The predicted octanol–water partition coefficient (Wildman–Crippen LogP) is 4.90. The maximum atomic E-state index is 12.1. The molecule has 1 fully saturated rings. The smallest absolute Gasteiger partial charge is 0.359 e. The van der Waals surface area contributed by atoms with Gasteiger partial charge in [0, 0.05) is 5.56 Å². The fourth-order valence-corrected chi connectivity index (χ4v) is 4.07. The molecule has 0 spiro atoms. The summed E-state index contributed by atoms with van der Waals surface area (Å²) in [7, 11) is 0. The first-order valence-corrected chi connectivity index (χ1v) is 9.95. The number of carbonyl (C=O) groups is 1. The van der Waals surface area contributed by atoms with E-state index in [1.165, 1.54) is 11.1 Å². The van der Waals surface area contributed by atoms with Gasteiger partial charge in [-0.15, -0.1) is 0 Å². The van der Waals surface area contributed by atoms with Gasteiger partial charge in [0.2, 0.25) is 0 Å². The van der Waals surface area contributed by atoms with Crippen LogP contribution in [0.25, 0.3) is 0 Å². The fraction of sp³-hybridized carbons (Fsp3) is 0.500. The number of aromatic amines is 1. The van der Waals surface area contributed by atoms with Gasteiger partial charge >= 0.3 is 5.97 Å². The largest absolute Gasteiger partial charge is 0.461 e. The van der Waals surface area contributed by atoms with Crippen molar-refractivity contribution in [2.75, 3.05) is 6.61 Å². The van der Waals surface area contributed by atoms with Gasteiger partial charge in [0.15, 0.2) is 5.69 Å². The fourth-order valence-electron chi connectivity index (χ4n) is 3.47. The van der Waals surface area contributed by atoms with Gasteiger partial charge in [0.25, 0.3) is 0 Å². The zero-order valence-corrected chi connectivity index (χ0v) is 16.8. The molecule has 26 heavy (non-hydrogen) atoms. The van der Waals surface area contributed by atoms with Gasteiger partial charge in [-0.25, -0.2) is 4.79 Å². The van der Waals surface area contributed by atoms with Gasteiger partial charge in [0.1, 0.15) is 4.60 Å². The highest BCUT2D eigenvalue weighted by Crippen LogP contribution is 2.38. The third kappa shape index (κ3) is 4.54. The molecule has 1 aromatic carbocycles. The Kier molecular flexibility index (Phi) is 6.48. The van der Waals surface area contributed by atoms with Crippen LogP contribution >= 0.6 is 15.9 Å². The summed E-state index contributed by atoms with van der Waals surface area (Å²) in [6.45, 7) is 4.89. The van der Waals surface area contributed by atoms with Crippen molar-refractivity contribution in [3.8, 4) is 0 Å². The van der Waals surface area contributed by atoms with Crippen LogP contribution in [0, 0.1) is 6.92 Å². The number of aryl methyl sites for hydroxylation is 1. The molecule has 2 aromatic rings. The zero-order valence-electron chi connectivity index (χ0n) is 15.3. The van der Waals surface area contributed by atoms with Crippen molar-refractivity contribution in [3.05, 3.63) is 51.3 Å². The van der Waals surface area contributed by atoms with Gasteiger partial charge in [-0.3, -0.25) is 5.10 Å². The number of hydrogen-bond donors (Lipinski definition) is 1. The van der Waals surface area contributed by atoms with Crippen LogP contribution in [-0.2, 0) is 16.1 Å². The second-order valence-corrected chi connectivity index (χ2v) is 7.58. The summed E-state index contributed by atoms with van der Waals surface area (Å²) in [5.41, 5.74) is 3.82. The summed E-state index contributed by atoms with van der Waals surface area (Å²) in [5, 5.41) is 7.00. The Labute approximate surface area is 162 Å². The summed E-state index contributed by atoms with van der Waals surface area (Å²) in [5.74, 6) is -0.0658. The monoisotopic (exact) mass is 420 g/mol. The normalized spacial score (nSPS) is 20.1. The van der Waals surface area contributed by atoms with Crippen LogP contribution in [0.3, 0.4) is 0 Å². The number of esters is 1. The van der Waals surface area contributed by atoms with E-state index < -0.39 is 0 Å². The SMILES string of the molecule is CCOC(=O)c1n[nH]c(Br)c1C1CCC(OCc2ccc(C)cc2)CC1. The van der Waals surface area contributed by atoms with Crippen molar-refractivity contribution in [1.29, 1.82) is 0 Å². The van der Waals surface area contributed by atoms with E-state index in [2.05, 4.69) is 57.3 Å². The highest BCUT2D eigenvalue weighted by atomic mass is 79.9. The average molecular weight is 421 g/mol. The molecule has 0 radical (unpaired) electrons. The molecule has 1 N–H and O–H groups in total. The molecular formula is C20H25BrN2O3. The van der Waals surface area contributed by atoms with Gasteiger partial charge < -0.3 is 9.47 Å². The second-order valence-electron chi connectivity index (χ2n) is 6.79. The minimum absolute atomic E-state index is 0.268. The highest BCUT2D eigenvalue weighted by Gasteiger charge is 2.30. The number of nitrogens with one attached hydrogen (secondary N) is 1. The van der Waals surface area contributed by atoms with Crippen LogP contribution in [0.5, 0.6) is 0 Å². The van der Waals surface area contributed by atoms with E-state index in [0.29, 0.717) is 24.8 Å². The van der Waals surface area contributed by atoms with Crippen LogP contribution in [0.15, 0.2) is 28.9 Å².